The number of nitro benzene ring substituents is 1. The first-order chi connectivity index (χ1) is 9.95. The smallest absolute Gasteiger partial charge is 0.308 e. The second kappa shape index (κ2) is 6.36. The minimum absolute atomic E-state index is 0.0243. The molecule has 6 nitrogen and oxygen atoms in total. The third kappa shape index (κ3) is 4.03. The van der Waals surface area contributed by atoms with E-state index >= 15 is 0 Å². The fourth-order valence-corrected chi connectivity index (χ4v) is 2.04. The average Bonchev–Trinajstić information content (AvgIpc) is 2.43. The van der Waals surface area contributed by atoms with Crippen LogP contribution in [0.1, 0.15) is 5.56 Å². The molecule has 2 rings (SSSR count). The van der Waals surface area contributed by atoms with E-state index in [9.17, 15) is 14.9 Å². The molecule has 0 heterocycles. The predicted octanol–water partition coefficient (Wildman–Crippen LogP) is 4.31. The third-order valence-electron chi connectivity index (χ3n) is 2.78. The standard InChI is InChI=1S/C14H12BrN3O3/c1-9-2-3-10(15)8-13(9)17-14(19)16-11-4-6-12(7-5-11)18(20)21/h2-8H,1H3,(H2,16,17,19). The van der Waals surface area contributed by atoms with Gasteiger partial charge in [-0.05, 0) is 36.8 Å². The molecule has 2 aromatic carbocycles. The molecule has 0 atom stereocenters. The Kier molecular flexibility index (Phi) is 4.54. The maximum absolute atomic E-state index is 11.9. The lowest BCUT2D eigenvalue weighted by molar-refractivity contribution is -0.384. The summed E-state index contributed by atoms with van der Waals surface area (Å²) in [6.45, 7) is 1.88. The summed E-state index contributed by atoms with van der Waals surface area (Å²) in [6, 6.07) is 10.8. The molecule has 0 bridgehead atoms. The number of urea groups is 1. The van der Waals surface area contributed by atoms with Crippen LogP contribution in [0.25, 0.3) is 0 Å². The van der Waals surface area contributed by atoms with Gasteiger partial charge in [-0.1, -0.05) is 22.0 Å². The first kappa shape index (κ1) is 15.0. The number of non-ortho nitro benzene ring substituents is 1. The average molecular weight is 350 g/mol. The van der Waals surface area contributed by atoms with Gasteiger partial charge in [-0.15, -0.1) is 0 Å². The number of benzene rings is 2. The topological polar surface area (TPSA) is 84.3 Å². The number of rotatable bonds is 3. The van der Waals surface area contributed by atoms with Gasteiger partial charge in [-0.25, -0.2) is 4.79 Å². The van der Waals surface area contributed by atoms with Gasteiger partial charge < -0.3 is 10.6 Å². The van der Waals surface area contributed by atoms with Gasteiger partial charge in [0.15, 0.2) is 0 Å². The van der Waals surface area contributed by atoms with Crippen molar-refractivity contribution in [1.82, 2.24) is 0 Å². The third-order valence-corrected chi connectivity index (χ3v) is 3.28. The van der Waals surface area contributed by atoms with Crippen LogP contribution >= 0.6 is 15.9 Å². The molecule has 0 aliphatic rings. The first-order valence-corrected chi connectivity index (χ1v) is 6.83. The van der Waals surface area contributed by atoms with Crippen LogP contribution < -0.4 is 10.6 Å². The van der Waals surface area contributed by atoms with Crippen molar-refractivity contribution < 1.29 is 9.72 Å². The van der Waals surface area contributed by atoms with Crippen LogP contribution in [0, 0.1) is 17.0 Å². The number of aryl methyl sites for hydroxylation is 1. The fourth-order valence-electron chi connectivity index (χ4n) is 1.68. The van der Waals surface area contributed by atoms with Crippen molar-refractivity contribution >= 4 is 39.0 Å². The second-order valence-corrected chi connectivity index (χ2v) is 5.26. The lowest BCUT2D eigenvalue weighted by Gasteiger charge is -2.10. The number of hydrogen-bond acceptors (Lipinski definition) is 3. The summed E-state index contributed by atoms with van der Waals surface area (Å²) in [6.07, 6.45) is 0. The van der Waals surface area contributed by atoms with Crippen molar-refractivity contribution in [2.75, 3.05) is 10.6 Å². The summed E-state index contributed by atoms with van der Waals surface area (Å²) in [4.78, 5) is 21.9. The van der Waals surface area contributed by atoms with E-state index in [2.05, 4.69) is 26.6 Å². The van der Waals surface area contributed by atoms with Crippen LogP contribution in [-0.4, -0.2) is 11.0 Å². The Morgan fingerprint density at radius 1 is 1.14 bits per heavy atom. The summed E-state index contributed by atoms with van der Waals surface area (Å²) in [5.41, 5.74) is 2.07. The molecule has 7 heteroatoms. The van der Waals surface area contributed by atoms with Crippen molar-refractivity contribution in [3.05, 3.63) is 62.6 Å². The Bertz CT molecular complexity index is 686. The molecule has 0 unspecified atom stereocenters. The Hall–Kier alpha value is -2.41. The molecule has 0 saturated carbocycles. The highest BCUT2D eigenvalue weighted by atomic mass is 79.9. The summed E-state index contributed by atoms with van der Waals surface area (Å²) in [5, 5.41) is 15.9. The van der Waals surface area contributed by atoms with Gasteiger partial charge in [0.25, 0.3) is 5.69 Å². The zero-order valence-electron chi connectivity index (χ0n) is 11.1. The van der Waals surface area contributed by atoms with Crippen LogP contribution in [-0.2, 0) is 0 Å². The highest BCUT2D eigenvalue weighted by Crippen LogP contribution is 2.21. The number of carbonyl (C=O) groups is 1. The molecule has 21 heavy (non-hydrogen) atoms. The van der Waals surface area contributed by atoms with E-state index in [1.807, 2.05) is 19.1 Å². The van der Waals surface area contributed by atoms with Crippen LogP contribution in [0.15, 0.2) is 46.9 Å². The van der Waals surface area contributed by atoms with E-state index in [1.54, 1.807) is 6.07 Å². The summed E-state index contributed by atoms with van der Waals surface area (Å²) in [7, 11) is 0. The van der Waals surface area contributed by atoms with E-state index in [0.717, 1.165) is 10.0 Å². The summed E-state index contributed by atoms with van der Waals surface area (Å²) < 4.78 is 0.860. The molecule has 0 aliphatic heterocycles. The highest BCUT2D eigenvalue weighted by molar-refractivity contribution is 9.10. The zero-order chi connectivity index (χ0) is 15.4. The molecular formula is C14H12BrN3O3. The Morgan fingerprint density at radius 2 is 1.81 bits per heavy atom. The van der Waals surface area contributed by atoms with Gasteiger partial charge in [-0.3, -0.25) is 10.1 Å². The zero-order valence-corrected chi connectivity index (χ0v) is 12.7. The molecule has 0 saturated heterocycles. The van der Waals surface area contributed by atoms with Gasteiger partial charge in [0, 0.05) is 28.0 Å². The number of carbonyl (C=O) groups excluding carboxylic acids is 1. The first-order valence-electron chi connectivity index (χ1n) is 6.04. The Morgan fingerprint density at radius 3 is 2.43 bits per heavy atom. The minimum Gasteiger partial charge on any atom is -0.308 e. The molecule has 2 N–H and O–H groups in total. The van der Waals surface area contributed by atoms with Gasteiger partial charge in [0.1, 0.15) is 0 Å². The molecule has 0 aliphatic carbocycles. The number of anilines is 2. The molecular weight excluding hydrogens is 338 g/mol. The molecule has 0 aromatic heterocycles. The Balaban J connectivity index is 2.04. The molecule has 2 amide bonds. The van der Waals surface area contributed by atoms with E-state index in [0.29, 0.717) is 11.4 Å². The highest BCUT2D eigenvalue weighted by Gasteiger charge is 2.08. The van der Waals surface area contributed by atoms with E-state index in [1.165, 1.54) is 24.3 Å². The molecule has 0 fully saturated rings. The van der Waals surface area contributed by atoms with Gasteiger partial charge >= 0.3 is 6.03 Å². The summed E-state index contributed by atoms with van der Waals surface area (Å²) >= 11 is 3.34. The summed E-state index contributed by atoms with van der Waals surface area (Å²) in [5.74, 6) is 0. The van der Waals surface area contributed by atoms with Crippen LogP contribution in [0.4, 0.5) is 21.9 Å². The lowest BCUT2D eigenvalue weighted by atomic mass is 10.2. The van der Waals surface area contributed by atoms with Crippen molar-refractivity contribution in [2.24, 2.45) is 0 Å². The number of hydrogen-bond donors (Lipinski definition) is 2. The van der Waals surface area contributed by atoms with Gasteiger partial charge in [0.05, 0.1) is 4.92 Å². The maximum atomic E-state index is 11.9. The van der Waals surface area contributed by atoms with E-state index in [-0.39, 0.29) is 5.69 Å². The van der Waals surface area contributed by atoms with Gasteiger partial charge in [-0.2, -0.15) is 0 Å². The number of nitro groups is 1. The monoisotopic (exact) mass is 349 g/mol. The predicted molar refractivity (Wildman–Crippen MR) is 84.6 cm³/mol. The second-order valence-electron chi connectivity index (χ2n) is 4.34. The number of amides is 2. The van der Waals surface area contributed by atoms with Crippen molar-refractivity contribution in [1.29, 1.82) is 0 Å². The normalized spacial score (nSPS) is 10.0. The van der Waals surface area contributed by atoms with Crippen LogP contribution in [0.3, 0.4) is 0 Å². The maximum Gasteiger partial charge on any atom is 0.323 e. The SMILES string of the molecule is Cc1ccc(Br)cc1NC(=O)Nc1ccc([N+](=O)[O-])cc1. The fraction of sp³-hybridized carbons (Fsp3) is 0.0714. The van der Waals surface area contributed by atoms with Crippen LogP contribution in [0.2, 0.25) is 0 Å². The largest absolute Gasteiger partial charge is 0.323 e. The van der Waals surface area contributed by atoms with Crippen molar-refractivity contribution in [3.63, 3.8) is 0 Å². The van der Waals surface area contributed by atoms with Gasteiger partial charge in [0.2, 0.25) is 0 Å². The van der Waals surface area contributed by atoms with E-state index < -0.39 is 11.0 Å². The van der Waals surface area contributed by atoms with Crippen molar-refractivity contribution in [2.45, 2.75) is 6.92 Å². The number of nitrogens with one attached hydrogen (secondary N) is 2. The Labute approximate surface area is 129 Å². The van der Waals surface area contributed by atoms with Crippen LogP contribution in [0.5, 0.6) is 0 Å². The molecule has 0 radical (unpaired) electrons. The number of halogens is 1. The quantitative estimate of drug-likeness (QED) is 0.639. The lowest BCUT2D eigenvalue weighted by Crippen LogP contribution is -2.19. The molecule has 2 aromatic rings. The molecule has 0 spiro atoms. The van der Waals surface area contributed by atoms with Crippen molar-refractivity contribution in [3.8, 4) is 0 Å². The number of nitrogens with zero attached hydrogens (tertiary/aromatic N) is 1. The minimum atomic E-state index is -0.491. The van der Waals surface area contributed by atoms with E-state index in [4.69, 9.17) is 0 Å². The molecule has 108 valence electrons.